The number of nitrogens with one attached hydrogen (secondary N) is 1. The van der Waals surface area contributed by atoms with Crippen LogP contribution in [0.4, 0.5) is 0 Å². The smallest absolute Gasteiger partial charge is 0.308 e. The van der Waals surface area contributed by atoms with Crippen molar-refractivity contribution in [3.05, 3.63) is 0 Å². The van der Waals surface area contributed by atoms with Crippen LogP contribution in [0, 0.1) is 11.8 Å². The van der Waals surface area contributed by atoms with Crippen molar-refractivity contribution in [2.24, 2.45) is 11.8 Å². The molecule has 2 atom stereocenters. The summed E-state index contributed by atoms with van der Waals surface area (Å²) in [6, 6.07) is 0. The maximum Gasteiger partial charge on any atom is 0.308 e. The zero-order valence-electron chi connectivity index (χ0n) is 10.2. The lowest BCUT2D eigenvalue weighted by Gasteiger charge is -2.34. The number of piperidine rings is 2. The van der Waals surface area contributed by atoms with E-state index >= 15 is 0 Å². The van der Waals surface area contributed by atoms with Gasteiger partial charge in [0.25, 0.3) is 0 Å². The molecule has 0 aromatic rings. The van der Waals surface area contributed by atoms with Crippen molar-refractivity contribution in [3.63, 3.8) is 0 Å². The van der Waals surface area contributed by atoms with Crippen LogP contribution in [-0.4, -0.2) is 47.4 Å². The molecule has 0 spiro atoms. The van der Waals surface area contributed by atoms with Gasteiger partial charge in [-0.15, -0.1) is 0 Å². The van der Waals surface area contributed by atoms with Crippen molar-refractivity contribution in [2.75, 3.05) is 19.6 Å². The molecule has 2 fully saturated rings. The fourth-order valence-corrected chi connectivity index (χ4v) is 2.63. The summed E-state index contributed by atoms with van der Waals surface area (Å²) in [6.45, 7) is 1.43. The monoisotopic (exact) mass is 254 g/mol. The lowest BCUT2D eigenvalue weighted by Crippen LogP contribution is -2.47. The number of hydrogen-bond donors (Lipinski definition) is 2. The van der Waals surface area contributed by atoms with Gasteiger partial charge in [-0.25, -0.2) is 0 Å². The molecule has 2 aliphatic rings. The average Bonchev–Trinajstić information content (AvgIpc) is 2.38. The van der Waals surface area contributed by atoms with Gasteiger partial charge in [0.2, 0.25) is 11.8 Å². The van der Waals surface area contributed by atoms with Gasteiger partial charge in [-0.3, -0.25) is 14.4 Å². The van der Waals surface area contributed by atoms with Crippen LogP contribution in [0.15, 0.2) is 0 Å². The van der Waals surface area contributed by atoms with E-state index in [0.29, 0.717) is 25.9 Å². The zero-order valence-corrected chi connectivity index (χ0v) is 10.2. The minimum atomic E-state index is -0.839. The third kappa shape index (κ3) is 2.80. The Hall–Kier alpha value is -1.59. The SMILES string of the molecule is O=C1CC(C(=O)N2CCCC(C(=O)O)C2)CCN1. The Bertz CT molecular complexity index is 369. The van der Waals surface area contributed by atoms with Gasteiger partial charge in [0.1, 0.15) is 0 Å². The zero-order chi connectivity index (χ0) is 13.1. The van der Waals surface area contributed by atoms with Crippen LogP contribution < -0.4 is 5.32 Å². The van der Waals surface area contributed by atoms with E-state index in [1.54, 1.807) is 4.90 Å². The fraction of sp³-hybridized carbons (Fsp3) is 0.750. The van der Waals surface area contributed by atoms with Crippen LogP contribution in [0.1, 0.15) is 25.7 Å². The molecule has 0 aliphatic carbocycles. The Morgan fingerprint density at radius 2 is 2.06 bits per heavy atom. The number of carbonyl (C=O) groups excluding carboxylic acids is 2. The maximum absolute atomic E-state index is 12.2. The molecule has 0 saturated carbocycles. The number of likely N-dealkylation sites (tertiary alicyclic amines) is 1. The van der Waals surface area contributed by atoms with E-state index in [4.69, 9.17) is 5.11 Å². The van der Waals surface area contributed by atoms with Crippen LogP contribution in [0.3, 0.4) is 0 Å². The van der Waals surface area contributed by atoms with Crippen molar-refractivity contribution in [1.82, 2.24) is 10.2 Å². The molecule has 0 aromatic heterocycles. The second-order valence-corrected chi connectivity index (χ2v) is 5.00. The molecular formula is C12H18N2O4. The van der Waals surface area contributed by atoms with E-state index in [0.717, 1.165) is 6.42 Å². The number of carboxylic acid groups (broad SMARTS) is 1. The average molecular weight is 254 g/mol. The van der Waals surface area contributed by atoms with Crippen LogP contribution >= 0.6 is 0 Å². The summed E-state index contributed by atoms with van der Waals surface area (Å²) >= 11 is 0. The molecule has 2 rings (SSSR count). The van der Waals surface area contributed by atoms with E-state index in [9.17, 15) is 14.4 Å². The molecule has 2 saturated heterocycles. The molecule has 2 unspecified atom stereocenters. The van der Waals surface area contributed by atoms with Gasteiger partial charge in [-0.2, -0.15) is 0 Å². The molecule has 0 bridgehead atoms. The van der Waals surface area contributed by atoms with Crippen LogP contribution in [0.2, 0.25) is 0 Å². The number of nitrogens with zero attached hydrogens (tertiary/aromatic N) is 1. The van der Waals surface area contributed by atoms with E-state index < -0.39 is 11.9 Å². The molecule has 2 amide bonds. The third-order valence-electron chi connectivity index (χ3n) is 3.68. The van der Waals surface area contributed by atoms with Gasteiger partial charge in [-0.05, 0) is 19.3 Å². The van der Waals surface area contributed by atoms with Crippen molar-refractivity contribution in [3.8, 4) is 0 Å². The van der Waals surface area contributed by atoms with Crippen molar-refractivity contribution in [1.29, 1.82) is 0 Å². The highest BCUT2D eigenvalue weighted by Crippen LogP contribution is 2.22. The van der Waals surface area contributed by atoms with E-state index in [1.807, 2.05) is 0 Å². The van der Waals surface area contributed by atoms with Crippen molar-refractivity contribution in [2.45, 2.75) is 25.7 Å². The topological polar surface area (TPSA) is 86.7 Å². The molecule has 0 radical (unpaired) electrons. The fourth-order valence-electron chi connectivity index (χ4n) is 2.63. The highest BCUT2D eigenvalue weighted by Gasteiger charge is 2.33. The summed E-state index contributed by atoms with van der Waals surface area (Å²) in [5, 5.41) is 11.7. The number of hydrogen-bond acceptors (Lipinski definition) is 3. The van der Waals surface area contributed by atoms with Gasteiger partial charge in [-0.1, -0.05) is 0 Å². The molecule has 100 valence electrons. The van der Waals surface area contributed by atoms with Crippen molar-refractivity contribution >= 4 is 17.8 Å². The van der Waals surface area contributed by atoms with E-state index in [1.165, 1.54) is 0 Å². The predicted octanol–water partition coefficient (Wildman–Crippen LogP) is -0.164. The minimum Gasteiger partial charge on any atom is -0.481 e. The number of carboxylic acids is 1. The first-order valence-corrected chi connectivity index (χ1v) is 6.36. The molecule has 2 heterocycles. The third-order valence-corrected chi connectivity index (χ3v) is 3.68. The van der Waals surface area contributed by atoms with Crippen LogP contribution in [-0.2, 0) is 14.4 Å². The molecule has 2 N–H and O–H groups in total. The van der Waals surface area contributed by atoms with Gasteiger partial charge < -0.3 is 15.3 Å². The Morgan fingerprint density at radius 1 is 1.28 bits per heavy atom. The lowest BCUT2D eigenvalue weighted by atomic mass is 9.92. The number of aliphatic carboxylic acids is 1. The first-order chi connectivity index (χ1) is 8.58. The second kappa shape index (κ2) is 5.37. The van der Waals surface area contributed by atoms with Crippen LogP contribution in [0.25, 0.3) is 0 Å². The summed E-state index contributed by atoms with van der Waals surface area (Å²) in [6.07, 6.45) is 2.23. The molecular weight excluding hydrogens is 236 g/mol. The summed E-state index contributed by atoms with van der Waals surface area (Å²) in [5.41, 5.74) is 0. The molecule has 6 heteroatoms. The summed E-state index contributed by atoms with van der Waals surface area (Å²) in [7, 11) is 0. The highest BCUT2D eigenvalue weighted by molar-refractivity contribution is 5.87. The Labute approximate surface area is 105 Å². The first kappa shape index (κ1) is 12.9. The molecule has 18 heavy (non-hydrogen) atoms. The highest BCUT2D eigenvalue weighted by atomic mass is 16.4. The van der Waals surface area contributed by atoms with Gasteiger partial charge in [0, 0.05) is 32.0 Å². The standard InChI is InChI=1S/C12H18N2O4/c15-10-6-8(3-4-13-10)11(16)14-5-1-2-9(7-14)12(17)18/h8-9H,1-7H2,(H,13,15)(H,17,18). The summed E-state index contributed by atoms with van der Waals surface area (Å²) < 4.78 is 0. The summed E-state index contributed by atoms with van der Waals surface area (Å²) in [4.78, 5) is 36.0. The van der Waals surface area contributed by atoms with E-state index in [-0.39, 0.29) is 30.7 Å². The Kier molecular flexibility index (Phi) is 3.84. The summed E-state index contributed by atoms with van der Waals surface area (Å²) in [5.74, 6) is -1.72. The molecule has 6 nitrogen and oxygen atoms in total. The lowest BCUT2D eigenvalue weighted by molar-refractivity contribution is -0.148. The van der Waals surface area contributed by atoms with E-state index in [2.05, 4.69) is 5.32 Å². The van der Waals surface area contributed by atoms with Gasteiger partial charge >= 0.3 is 5.97 Å². The first-order valence-electron chi connectivity index (χ1n) is 6.36. The molecule has 0 aromatic carbocycles. The quantitative estimate of drug-likeness (QED) is 0.716. The van der Waals surface area contributed by atoms with Crippen LogP contribution in [0.5, 0.6) is 0 Å². The normalized spacial score (nSPS) is 28.7. The Balaban J connectivity index is 1.95. The number of carbonyl (C=O) groups is 3. The second-order valence-electron chi connectivity index (χ2n) is 5.00. The minimum absolute atomic E-state index is 0.0594. The Morgan fingerprint density at radius 3 is 2.72 bits per heavy atom. The number of amides is 2. The van der Waals surface area contributed by atoms with Gasteiger partial charge in [0.15, 0.2) is 0 Å². The maximum atomic E-state index is 12.2. The predicted molar refractivity (Wildman–Crippen MR) is 62.7 cm³/mol. The largest absolute Gasteiger partial charge is 0.481 e. The molecule has 2 aliphatic heterocycles. The van der Waals surface area contributed by atoms with Gasteiger partial charge in [0.05, 0.1) is 5.92 Å². The van der Waals surface area contributed by atoms with Crippen molar-refractivity contribution < 1.29 is 19.5 Å². The number of rotatable bonds is 2.